The van der Waals surface area contributed by atoms with E-state index < -0.39 is 0 Å². The van der Waals surface area contributed by atoms with Crippen molar-refractivity contribution in [1.82, 2.24) is 9.88 Å². The SMILES string of the molecule is Cc1ccc(CC(=O)N(CCCN2CCOCC2)c2nc3c(C)cccc3s2)c(C)c1.Cl. The number of benzene rings is 2. The second kappa shape index (κ2) is 11.2. The molecule has 0 unspecified atom stereocenters. The smallest absolute Gasteiger partial charge is 0.233 e. The molecule has 32 heavy (non-hydrogen) atoms. The first-order valence-electron chi connectivity index (χ1n) is 11.0. The predicted molar refractivity (Wildman–Crippen MR) is 135 cm³/mol. The number of carbonyl (C=O) groups is 1. The molecule has 7 heteroatoms. The molecule has 2 heterocycles. The fourth-order valence-electron chi connectivity index (χ4n) is 4.10. The van der Waals surface area contributed by atoms with Crippen molar-refractivity contribution in [3.63, 3.8) is 0 Å². The molecule has 4 rings (SSSR count). The zero-order chi connectivity index (χ0) is 21.8. The van der Waals surface area contributed by atoms with Gasteiger partial charge in [-0.2, -0.15) is 0 Å². The third-order valence-corrected chi connectivity index (χ3v) is 6.98. The Morgan fingerprint density at radius 3 is 2.62 bits per heavy atom. The van der Waals surface area contributed by atoms with E-state index in [1.54, 1.807) is 11.3 Å². The minimum absolute atomic E-state index is 0. The second-order valence-electron chi connectivity index (χ2n) is 8.38. The number of halogens is 1. The van der Waals surface area contributed by atoms with E-state index in [1.165, 1.54) is 11.1 Å². The van der Waals surface area contributed by atoms with E-state index in [0.717, 1.165) is 65.7 Å². The van der Waals surface area contributed by atoms with Gasteiger partial charge in [0.15, 0.2) is 5.13 Å². The van der Waals surface area contributed by atoms with Gasteiger partial charge in [-0.1, -0.05) is 47.2 Å². The van der Waals surface area contributed by atoms with Crippen LogP contribution in [0, 0.1) is 20.8 Å². The van der Waals surface area contributed by atoms with Crippen LogP contribution in [0.2, 0.25) is 0 Å². The minimum Gasteiger partial charge on any atom is -0.379 e. The van der Waals surface area contributed by atoms with Gasteiger partial charge in [0.25, 0.3) is 0 Å². The molecular weight excluding hydrogens is 442 g/mol. The number of aromatic nitrogens is 1. The summed E-state index contributed by atoms with van der Waals surface area (Å²) in [4.78, 5) is 22.6. The summed E-state index contributed by atoms with van der Waals surface area (Å²) in [7, 11) is 0. The Labute approximate surface area is 200 Å². The van der Waals surface area contributed by atoms with Crippen molar-refractivity contribution in [2.24, 2.45) is 0 Å². The summed E-state index contributed by atoms with van der Waals surface area (Å²) in [6, 6.07) is 12.5. The molecule has 1 aliphatic rings. The molecular formula is C25H32ClN3O2S. The maximum atomic E-state index is 13.5. The van der Waals surface area contributed by atoms with Crippen molar-refractivity contribution in [2.75, 3.05) is 44.3 Å². The molecule has 172 valence electrons. The molecule has 0 bridgehead atoms. The van der Waals surface area contributed by atoms with Crippen molar-refractivity contribution in [2.45, 2.75) is 33.6 Å². The van der Waals surface area contributed by atoms with E-state index in [9.17, 15) is 4.79 Å². The number of morpholine rings is 1. The Morgan fingerprint density at radius 2 is 1.91 bits per heavy atom. The molecule has 1 fully saturated rings. The van der Waals surface area contributed by atoms with Crippen LogP contribution in [-0.2, 0) is 16.0 Å². The first kappa shape index (κ1) is 24.6. The van der Waals surface area contributed by atoms with Crippen molar-refractivity contribution in [3.05, 3.63) is 58.7 Å². The topological polar surface area (TPSA) is 45.7 Å². The van der Waals surface area contributed by atoms with Crippen LogP contribution >= 0.6 is 23.7 Å². The summed E-state index contributed by atoms with van der Waals surface area (Å²) in [5.41, 5.74) is 5.63. The number of anilines is 1. The van der Waals surface area contributed by atoms with Crippen LogP contribution in [0.3, 0.4) is 0 Å². The second-order valence-corrected chi connectivity index (χ2v) is 9.39. The predicted octanol–water partition coefficient (Wildman–Crippen LogP) is 4.94. The number of carbonyl (C=O) groups excluding carboxylic acids is 1. The number of ether oxygens (including phenoxy) is 1. The van der Waals surface area contributed by atoms with E-state index in [1.807, 2.05) is 4.90 Å². The highest BCUT2D eigenvalue weighted by atomic mass is 35.5. The molecule has 1 saturated heterocycles. The average Bonchev–Trinajstić information content (AvgIpc) is 3.19. The zero-order valence-corrected chi connectivity index (χ0v) is 20.7. The number of hydrogen-bond donors (Lipinski definition) is 0. The van der Waals surface area contributed by atoms with Gasteiger partial charge < -0.3 is 4.74 Å². The van der Waals surface area contributed by atoms with Crippen LogP contribution < -0.4 is 4.90 Å². The fourth-order valence-corrected chi connectivity index (χ4v) is 5.18. The molecule has 0 saturated carbocycles. The first-order valence-corrected chi connectivity index (χ1v) is 11.9. The van der Waals surface area contributed by atoms with Gasteiger partial charge in [-0.3, -0.25) is 14.6 Å². The molecule has 1 amide bonds. The highest BCUT2D eigenvalue weighted by Gasteiger charge is 2.21. The molecule has 0 spiro atoms. The standard InChI is InChI=1S/C25H31N3O2S.ClH/c1-18-8-9-21(20(3)16-18)17-23(29)28(11-5-10-27-12-14-30-15-13-27)25-26-24-19(2)6-4-7-22(24)31-25;/h4,6-9,16H,5,10-15,17H2,1-3H3;1H. The number of fused-ring (bicyclic) bond motifs is 1. The molecule has 3 aromatic rings. The Kier molecular flexibility index (Phi) is 8.65. The lowest BCUT2D eigenvalue weighted by Gasteiger charge is -2.27. The summed E-state index contributed by atoms with van der Waals surface area (Å²) in [5, 5.41) is 0.807. The van der Waals surface area contributed by atoms with Crippen LogP contribution in [0.1, 0.15) is 28.7 Å². The number of amides is 1. The molecule has 1 aromatic heterocycles. The number of rotatable bonds is 7. The van der Waals surface area contributed by atoms with Gasteiger partial charge in [0.1, 0.15) is 0 Å². The van der Waals surface area contributed by atoms with Gasteiger partial charge in [0, 0.05) is 26.2 Å². The van der Waals surface area contributed by atoms with Gasteiger partial charge in [-0.15, -0.1) is 12.4 Å². The normalized spacial score (nSPS) is 14.3. The number of thiazole rings is 1. The summed E-state index contributed by atoms with van der Waals surface area (Å²) < 4.78 is 6.58. The fraction of sp³-hybridized carbons (Fsp3) is 0.440. The summed E-state index contributed by atoms with van der Waals surface area (Å²) in [5.74, 6) is 0.116. The highest BCUT2D eigenvalue weighted by molar-refractivity contribution is 7.22. The summed E-state index contributed by atoms with van der Waals surface area (Å²) in [6.45, 7) is 11.4. The maximum absolute atomic E-state index is 13.5. The van der Waals surface area contributed by atoms with E-state index >= 15 is 0 Å². The molecule has 5 nitrogen and oxygen atoms in total. The molecule has 0 atom stereocenters. The average molecular weight is 474 g/mol. The number of hydrogen-bond acceptors (Lipinski definition) is 5. The van der Waals surface area contributed by atoms with Gasteiger partial charge in [0.2, 0.25) is 5.91 Å². The van der Waals surface area contributed by atoms with Gasteiger partial charge in [-0.05, 0) is 49.9 Å². The lowest BCUT2D eigenvalue weighted by atomic mass is 10.0. The zero-order valence-electron chi connectivity index (χ0n) is 19.1. The largest absolute Gasteiger partial charge is 0.379 e. The van der Waals surface area contributed by atoms with E-state index in [2.05, 4.69) is 62.1 Å². The van der Waals surface area contributed by atoms with Crippen molar-refractivity contribution in [1.29, 1.82) is 0 Å². The lowest BCUT2D eigenvalue weighted by molar-refractivity contribution is -0.118. The molecule has 0 N–H and O–H groups in total. The Balaban J connectivity index is 0.00000289. The Bertz CT molecular complexity index is 1060. The lowest BCUT2D eigenvalue weighted by Crippen LogP contribution is -2.39. The van der Waals surface area contributed by atoms with Crippen molar-refractivity contribution >= 4 is 45.0 Å². The quantitative estimate of drug-likeness (QED) is 0.487. The number of aryl methyl sites for hydroxylation is 3. The van der Waals surface area contributed by atoms with Crippen LogP contribution in [0.15, 0.2) is 36.4 Å². The van der Waals surface area contributed by atoms with Gasteiger partial charge in [-0.25, -0.2) is 4.98 Å². The summed E-state index contributed by atoms with van der Waals surface area (Å²) in [6.07, 6.45) is 1.33. The Morgan fingerprint density at radius 1 is 1.12 bits per heavy atom. The van der Waals surface area contributed by atoms with Gasteiger partial charge in [0.05, 0.1) is 29.9 Å². The summed E-state index contributed by atoms with van der Waals surface area (Å²) >= 11 is 1.61. The molecule has 1 aliphatic heterocycles. The van der Waals surface area contributed by atoms with Crippen LogP contribution in [0.5, 0.6) is 0 Å². The van der Waals surface area contributed by atoms with Crippen LogP contribution in [-0.4, -0.2) is 55.2 Å². The van der Waals surface area contributed by atoms with E-state index in [-0.39, 0.29) is 18.3 Å². The third kappa shape index (κ3) is 5.87. The van der Waals surface area contributed by atoms with E-state index in [0.29, 0.717) is 13.0 Å². The van der Waals surface area contributed by atoms with Crippen LogP contribution in [0.25, 0.3) is 10.2 Å². The van der Waals surface area contributed by atoms with Crippen LogP contribution in [0.4, 0.5) is 5.13 Å². The third-order valence-electron chi connectivity index (χ3n) is 5.94. The monoisotopic (exact) mass is 473 g/mol. The number of para-hydroxylation sites is 1. The number of nitrogens with zero attached hydrogens (tertiary/aromatic N) is 3. The molecule has 0 radical (unpaired) electrons. The minimum atomic E-state index is 0. The molecule has 0 aliphatic carbocycles. The maximum Gasteiger partial charge on any atom is 0.233 e. The van der Waals surface area contributed by atoms with E-state index in [4.69, 9.17) is 9.72 Å². The first-order chi connectivity index (χ1) is 15.0. The van der Waals surface area contributed by atoms with Crippen molar-refractivity contribution in [3.8, 4) is 0 Å². The van der Waals surface area contributed by atoms with Gasteiger partial charge >= 0.3 is 0 Å². The molecule has 2 aromatic carbocycles. The van der Waals surface area contributed by atoms with Crippen molar-refractivity contribution < 1.29 is 9.53 Å². The Hall–Kier alpha value is -1.99. The highest BCUT2D eigenvalue weighted by Crippen LogP contribution is 2.31.